The van der Waals surface area contributed by atoms with Gasteiger partial charge in [0.2, 0.25) is 0 Å². The molecule has 0 spiro atoms. The Balaban J connectivity index is 1.65. The summed E-state index contributed by atoms with van der Waals surface area (Å²) in [6.45, 7) is 4.31. The lowest BCUT2D eigenvalue weighted by molar-refractivity contribution is 0.108. The van der Waals surface area contributed by atoms with Crippen molar-refractivity contribution in [1.29, 1.82) is 0 Å². The molecule has 0 unspecified atom stereocenters. The number of hydrogen-bond donors (Lipinski definition) is 2. The van der Waals surface area contributed by atoms with E-state index >= 15 is 0 Å². The minimum Gasteiger partial charge on any atom is -0.393 e. The third-order valence-electron chi connectivity index (χ3n) is 3.61. The predicted molar refractivity (Wildman–Crippen MR) is 73.4 cm³/mol. The minimum absolute atomic E-state index is 0.0318. The summed E-state index contributed by atoms with van der Waals surface area (Å²) in [6, 6.07) is 4.47. The molecule has 96 valence electrons. The number of aliphatic hydroxyl groups is 1. The quantitative estimate of drug-likeness (QED) is 0.845. The Labute approximate surface area is 108 Å². The van der Waals surface area contributed by atoms with Crippen molar-refractivity contribution < 1.29 is 5.11 Å². The normalized spacial score (nSPS) is 25.1. The maximum atomic E-state index is 9.44. The molecule has 1 aliphatic rings. The van der Waals surface area contributed by atoms with Crippen molar-refractivity contribution in [3.8, 4) is 0 Å². The topological polar surface area (TPSA) is 32.3 Å². The van der Waals surface area contributed by atoms with Crippen molar-refractivity contribution in [2.24, 2.45) is 5.92 Å². The van der Waals surface area contributed by atoms with Gasteiger partial charge in [-0.25, -0.2) is 0 Å². The van der Waals surface area contributed by atoms with Crippen molar-refractivity contribution in [2.75, 3.05) is 6.54 Å². The maximum absolute atomic E-state index is 9.44. The molecular formula is C14H23NOS. The van der Waals surface area contributed by atoms with Gasteiger partial charge in [0.15, 0.2) is 0 Å². The lowest BCUT2D eigenvalue weighted by Gasteiger charge is -2.25. The molecule has 3 heteroatoms. The molecular weight excluding hydrogens is 230 g/mol. The zero-order valence-electron chi connectivity index (χ0n) is 10.6. The number of aryl methyl sites for hydroxylation is 1. The molecule has 1 fully saturated rings. The first-order valence-electron chi connectivity index (χ1n) is 6.74. The van der Waals surface area contributed by atoms with Crippen molar-refractivity contribution in [3.63, 3.8) is 0 Å². The van der Waals surface area contributed by atoms with Crippen LogP contribution in [0.1, 0.15) is 42.4 Å². The van der Waals surface area contributed by atoms with Crippen LogP contribution in [0.2, 0.25) is 0 Å². The minimum atomic E-state index is -0.0318. The summed E-state index contributed by atoms with van der Waals surface area (Å²) in [5.41, 5.74) is 0. The van der Waals surface area contributed by atoms with E-state index in [1.54, 1.807) is 0 Å². The Kier molecular flexibility index (Phi) is 5.01. The first kappa shape index (κ1) is 13.1. The molecule has 1 aromatic heterocycles. The van der Waals surface area contributed by atoms with Gasteiger partial charge in [0.1, 0.15) is 0 Å². The second-order valence-corrected chi connectivity index (χ2v) is 6.28. The van der Waals surface area contributed by atoms with Crippen LogP contribution in [0, 0.1) is 5.92 Å². The Bertz CT molecular complexity index is 329. The van der Waals surface area contributed by atoms with E-state index in [0.29, 0.717) is 0 Å². The summed E-state index contributed by atoms with van der Waals surface area (Å²) in [5, 5.41) is 13.0. The van der Waals surface area contributed by atoms with Crippen molar-refractivity contribution >= 4 is 11.3 Å². The molecule has 0 radical (unpaired) electrons. The van der Waals surface area contributed by atoms with Gasteiger partial charge in [-0.1, -0.05) is 6.92 Å². The van der Waals surface area contributed by atoms with Gasteiger partial charge >= 0.3 is 0 Å². The molecule has 2 nitrogen and oxygen atoms in total. The molecule has 1 heterocycles. The van der Waals surface area contributed by atoms with Crippen LogP contribution < -0.4 is 5.32 Å². The summed E-state index contributed by atoms with van der Waals surface area (Å²) in [7, 11) is 0. The molecule has 1 saturated carbocycles. The zero-order valence-corrected chi connectivity index (χ0v) is 11.4. The molecule has 1 aliphatic carbocycles. The summed E-state index contributed by atoms with van der Waals surface area (Å²) in [5.74, 6) is 0.768. The van der Waals surface area contributed by atoms with E-state index in [1.807, 2.05) is 11.3 Å². The maximum Gasteiger partial charge on any atom is 0.0540 e. The van der Waals surface area contributed by atoms with E-state index in [2.05, 4.69) is 24.4 Å². The fourth-order valence-electron chi connectivity index (χ4n) is 2.46. The van der Waals surface area contributed by atoms with Crippen LogP contribution in [0.25, 0.3) is 0 Å². The van der Waals surface area contributed by atoms with Crippen LogP contribution in [-0.4, -0.2) is 17.8 Å². The standard InChI is InChI=1S/C14H23NOS/c1-2-13-7-8-14(17-13)10-15-9-11-3-5-12(16)6-4-11/h7-8,11-12,15-16H,2-6,9-10H2,1H3. The Morgan fingerprint density at radius 3 is 2.59 bits per heavy atom. The average Bonchev–Trinajstić information content (AvgIpc) is 2.80. The molecule has 0 saturated heterocycles. The molecule has 0 bridgehead atoms. The molecule has 1 aromatic rings. The molecule has 17 heavy (non-hydrogen) atoms. The van der Waals surface area contributed by atoms with Gasteiger partial charge in [-0.2, -0.15) is 0 Å². The highest BCUT2D eigenvalue weighted by molar-refractivity contribution is 7.11. The first-order chi connectivity index (χ1) is 8.28. The third kappa shape index (κ3) is 4.09. The van der Waals surface area contributed by atoms with E-state index in [0.717, 1.165) is 38.3 Å². The number of hydrogen-bond acceptors (Lipinski definition) is 3. The molecule has 0 aliphatic heterocycles. The van der Waals surface area contributed by atoms with Crippen LogP contribution in [0.5, 0.6) is 0 Å². The van der Waals surface area contributed by atoms with Gasteiger partial charge in [-0.15, -0.1) is 11.3 Å². The van der Waals surface area contributed by atoms with Gasteiger partial charge in [0, 0.05) is 16.3 Å². The van der Waals surface area contributed by atoms with Crippen molar-refractivity contribution in [1.82, 2.24) is 5.32 Å². The van der Waals surface area contributed by atoms with Gasteiger partial charge in [0.25, 0.3) is 0 Å². The first-order valence-corrected chi connectivity index (χ1v) is 7.56. The van der Waals surface area contributed by atoms with E-state index in [4.69, 9.17) is 0 Å². The summed E-state index contributed by atoms with van der Waals surface area (Å²) >= 11 is 1.92. The Morgan fingerprint density at radius 1 is 1.24 bits per heavy atom. The Hall–Kier alpha value is -0.380. The second-order valence-electron chi connectivity index (χ2n) is 5.03. The highest BCUT2D eigenvalue weighted by Gasteiger charge is 2.18. The zero-order chi connectivity index (χ0) is 12.1. The number of thiophene rings is 1. The van der Waals surface area contributed by atoms with Crippen molar-refractivity contribution in [2.45, 2.75) is 51.7 Å². The monoisotopic (exact) mass is 253 g/mol. The smallest absolute Gasteiger partial charge is 0.0540 e. The fraction of sp³-hybridized carbons (Fsp3) is 0.714. The highest BCUT2D eigenvalue weighted by Crippen LogP contribution is 2.23. The van der Waals surface area contributed by atoms with Crippen LogP contribution in [0.4, 0.5) is 0 Å². The highest BCUT2D eigenvalue weighted by atomic mass is 32.1. The fourth-order valence-corrected chi connectivity index (χ4v) is 3.38. The molecule has 0 atom stereocenters. The van der Waals surface area contributed by atoms with Crippen LogP contribution in [-0.2, 0) is 13.0 Å². The second kappa shape index (κ2) is 6.53. The Morgan fingerprint density at radius 2 is 1.94 bits per heavy atom. The lowest BCUT2D eigenvalue weighted by atomic mass is 9.87. The molecule has 2 rings (SSSR count). The molecule has 0 aromatic carbocycles. The number of nitrogens with one attached hydrogen (secondary N) is 1. The summed E-state index contributed by atoms with van der Waals surface area (Å²) in [6.07, 6.45) is 5.45. The molecule has 2 N–H and O–H groups in total. The van der Waals surface area contributed by atoms with Crippen LogP contribution in [0.3, 0.4) is 0 Å². The number of aliphatic hydroxyl groups excluding tert-OH is 1. The van der Waals surface area contributed by atoms with Crippen molar-refractivity contribution in [3.05, 3.63) is 21.9 Å². The van der Waals surface area contributed by atoms with Crippen LogP contribution in [0.15, 0.2) is 12.1 Å². The SMILES string of the molecule is CCc1ccc(CNCC2CCC(O)CC2)s1. The summed E-state index contributed by atoms with van der Waals surface area (Å²) in [4.78, 5) is 2.92. The molecule has 0 amide bonds. The third-order valence-corrected chi connectivity index (χ3v) is 4.84. The van der Waals surface area contributed by atoms with E-state index in [9.17, 15) is 5.11 Å². The van der Waals surface area contributed by atoms with E-state index in [-0.39, 0.29) is 6.10 Å². The van der Waals surface area contributed by atoms with Gasteiger partial charge in [-0.3, -0.25) is 0 Å². The number of rotatable bonds is 5. The lowest BCUT2D eigenvalue weighted by Crippen LogP contribution is -2.27. The largest absolute Gasteiger partial charge is 0.393 e. The van der Waals surface area contributed by atoms with E-state index < -0.39 is 0 Å². The summed E-state index contributed by atoms with van der Waals surface area (Å²) < 4.78 is 0. The van der Waals surface area contributed by atoms with Gasteiger partial charge in [0.05, 0.1) is 6.10 Å². The van der Waals surface area contributed by atoms with E-state index in [1.165, 1.54) is 22.6 Å². The van der Waals surface area contributed by atoms with Gasteiger partial charge in [-0.05, 0) is 56.7 Å². The van der Waals surface area contributed by atoms with Gasteiger partial charge < -0.3 is 10.4 Å². The van der Waals surface area contributed by atoms with Crippen LogP contribution >= 0.6 is 11.3 Å². The predicted octanol–water partition coefficient (Wildman–Crippen LogP) is 2.95. The average molecular weight is 253 g/mol.